The molecule has 23 heavy (non-hydrogen) atoms. The van der Waals surface area contributed by atoms with Crippen LogP contribution in [0.25, 0.3) is 11.0 Å². The molecule has 1 aromatic heterocycles. The van der Waals surface area contributed by atoms with Crippen molar-refractivity contribution < 1.29 is 14.5 Å². The molecule has 0 saturated carbocycles. The molecule has 3 rings (SSSR count). The van der Waals surface area contributed by atoms with Gasteiger partial charge in [0.15, 0.2) is 0 Å². The smallest absolute Gasteiger partial charge is 0.336 e. The van der Waals surface area contributed by atoms with Gasteiger partial charge in [-0.15, -0.1) is 0 Å². The number of methoxy groups -OCH3 is 1. The number of nitrogens with two attached hydrogens (primary N) is 1. The summed E-state index contributed by atoms with van der Waals surface area (Å²) in [4.78, 5) is 11.7. The van der Waals surface area contributed by atoms with Crippen LogP contribution in [0.4, 0.5) is 0 Å². The number of benzene rings is 2. The van der Waals surface area contributed by atoms with Gasteiger partial charge in [-0.1, -0.05) is 23.7 Å². The molecule has 0 saturated heterocycles. The molecule has 2 aromatic carbocycles. The molecule has 118 valence electrons. The second-order valence-corrected chi connectivity index (χ2v) is 5.72. The first-order valence-electron chi connectivity index (χ1n) is 7.32. The largest absolute Gasteiger partial charge is 0.497 e. The first kappa shape index (κ1) is 15.6. The molecule has 0 unspecified atom stereocenters. The maximum atomic E-state index is 11.7. The minimum Gasteiger partial charge on any atom is -0.497 e. The van der Waals surface area contributed by atoms with E-state index in [9.17, 15) is 4.79 Å². The highest BCUT2D eigenvalue weighted by Gasteiger charge is 2.08. The Morgan fingerprint density at radius 3 is 2.78 bits per heavy atom. The third kappa shape index (κ3) is 3.73. The molecule has 0 spiro atoms. The standard InChI is InChI=1S/C18H16ClNO3/c1-22-15-5-6-16-13(8-18(21)23-17(16)9-15)11-20-10-12-3-2-4-14(19)7-12/h2-9,20H,10-11H2,1H3/p+1. The molecular weight excluding hydrogens is 314 g/mol. The van der Waals surface area contributed by atoms with Gasteiger partial charge in [0, 0.05) is 33.7 Å². The number of ether oxygens (including phenoxy) is 1. The van der Waals surface area contributed by atoms with Gasteiger partial charge in [0.1, 0.15) is 24.4 Å². The van der Waals surface area contributed by atoms with E-state index in [1.807, 2.05) is 36.4 Å². The molecule has 0 amide bonds. The molecule has 0 aliphatic carbocycles. The zero-order chi connectivity index (χ0) is 16.2. The SMILES string of the molecule is COc1ccc2c(C[NH2+]Cc3cccc(Cl)c3)cc(=O)oc2c1. The summed E-state index contributed by atoms with van der Waals surface area (Å²) in [6.07, 6.45) is 0. The number of halogens is 1. The molecule has 0 atom stereocenters. The van der Waals surface area contributed by atoms with E-state index in [1.54, 1.807) is 19.2 Å². The summed E-state index contributed by atoms with van der Waals surface area (Å²) in [5, 5.41) is 3.78. The van der Waals surface area contributed by atoms with Gasteiger partial charge in [-0.25, -0.2) is 4.79 Å². The fourth-order valence-corrected chi connectivity index (χ4v) is 2.78. The van der Waals surface area contributed by atoms with Crippen molar-refractivity contribution in [3.8, 4) is 5.75 Å². The lowest BCUT2D eigenvalue weighted by molar-refractivity contribution is -0.686. The van der Waals surface area contributed by atoms with E-state index in [1.165, 1.54) is 0 Å². The third-order valence-electron chi connectivity index (χ3n) is 3.67. The Bertz CT molecular complexity index is 889. The van der Waals surface area contributed by atoms with Gasteiger partial charge in [0.05, 0.1) is 7.11 Å². The summed E-state index contributed by atoms with van der Waals surface area (Å²) >= 11 is 5.99. The average Bonchev–Trinajstić information content (AvgIpc) is 2.54. The average molecular weight is 331 g/mol. The fourth-order valence-electron chi connectivity index (χ4n) is 2.56. The Morgan fingerprint density at radius 2 is 2.00 bits per heavy atom. The van der Waals surface area contributed by atoms with Gasteiger partial charge in [-0.05, 0) is 24.3 Å². The Balaban J connectivity index is 1.81. The van der Waals surface area contributed by atoms with Crippen molar-refractivity contribution in [2.45, 2.75) is 13.1 Å². The van der Waals surface area contributed by atoms with Crippen molar-refractivity contribution in [2.75, 3.05) is 7.11 Å². The summed E-state index contributed by atoms with van der Waals surface area (Å²) in [7, 11) is 1.59. The molecule has 3 aromatic rings. The van der Waals surface area contributed by atoms with Crippen molar-refractivity contribution in [3.63, 3.8) is 0 Å². The number of hydrogen-bond donors (Lipinski definition) is 1. The van der Waals surface area contributed by atoms with E-state index in [-0.39, 0.29) is 5.63 Å². The Morgan fingerprint density at radius 1 is 1.13 bits per heavy atom. The van der Waals surface area contributed by atoms with E-state index >= 15 is 0 Å². The van der Waals surface area contributed by atoms with Crippen molar-refractivity contribution in [1.82, 2.24) is 0 Å². The van der Waals surface area contributed by atoms with Crippen molar-refractivity contribution >= 4 is 22.6 Å². The molecule has 0 aliphatic rings. The maximum absolute atomic E-state index is 11.7. The predicted octanol–water partition coefficient (Wildman–Crippen LogP) is 2.72. The zero-order valence-electron chi connectivity index (χ0n) is 12.7. The second kappa shape index (κ2) is 6.86. The van der Waals surface area contributed by atoms with Crippen LogP contribution in [0.2, 0.25) is 5.02 Å². The molecule has 0 bridgehead atoms. The number of hydrogen-bond acceptors (Lipinski definition) is 3. The van der Waals surface area contributed by atoms with Gasteiger partial charge in [0.25, 0.3) is 0 Å². The monoisotopic (exact) mass is 330 g/mol. The molecule has 0 fully saturated rings. The van der Waals surface area contributed by atoms with Crippen LogP contribution in [0, 0.1) is 0 Å². The maximum Gasteiger partial charge on any atom is 0.336 e. The Hall–Kier alpha value is -2.30. The molecule has 2 N–H and O–H groups in total. The summed E-state index contributed by atoms with van der Waals surface area (Å²) in [5.74, 6) is 0.667. The lowest BCUT2D eigenvalue weighted by atomic mass is 10.1. The lowest BCUT2D eigenvalue weighted by Gasteiger charge is -2.07. The number of fused-ring (bicyclic) bond motifs is 1. The van der Waals surface area contributed by atoms with Crippen LogP contribution in [0.1, 0.15) is 11.1 Å². The van der Waals surface area contributed by atoms with Crippen LogP contribution in [0.5, 0.6) is 5.75 Å². The highest BCUT2D eigenvalue weighted by atomic mass is 35.5. The quantitative estimate of drug-likeness (QED) is 0.732. The van der Waals surface area contributed by atoms with Crippen LogP contribution >= 0.6 is 11.6 Å². The Kier molecular flexibility index (Phi) is 4.65. The van der Waals surface area contributed by atoms with Crippen LogP contribution in [0.3, 0.4) is 0 Å². The zero-order valence-corrected chi connectivity index (χ0v) is 13.5. The molecule has 0 radical (unpaired) electrons. The normalized spacial score (nSPS) is 10.9. The van der Waals surface area contributed by atoms with Crippen LogP contribution < -0.4 is 15.7 Å². The first-order valence-corrected chi connectivity index (χ1v) is 7.70. The van der Waals surface area contributed by atoms with Gasteiger partial charge >= 0.3 is 5.63 Å². The molecule has 0 aliphatic heterocycles. The summed E-state index contributed by atoms with van der Waals surface area (Å²) < 4.78 is 10.4. The number of rotatable bonds is 5. The fraction of sp³-hybridized carbons (Fsp3) is 0.167. The lowest BCUT2D eigenvalue weighted by Crippen LogP contribution is -2.80. The number of quaternary nitrogens is 1. The molecule has 5 heteroatoms. The molecule has 4 nitrogen and oxygen atoms in total. The van der Waals surface area contributed by atoms with E-state index < -0.39 is 0 Å². The minimum atomic E-state index is -0.350. The summed E-state index contributed by atoms with van der Waals surface area (Å²) in [6, 6.07) is 14.8. The van der Waals surface area contributed by atoms with Crippen LogP contribution in [-0.4, -0.2) is 7.11 Å². The highest BCUT2D eigenvalue weighted by Crippen LogP contribution is 2.22. The van der Waals surface area contributed by atoms with Crippen molar-refractivity contribution in [3.05, 3.63) is 75.1 Å². The van der Waals surface area contributed by atoms with E-state index in [4.69, 9.17) is 20.8 Å². The van der Waals surface area contributed by atoms with E-state index in [2.05, 4.69) is 5.32 Å². The van der Waals surface area contributed by atoms with Crippen LogP contribution in [0.15, 0.2) is 57.7 Å². The Labute approximate surface area is 138 Å². The summed E-state index contributed by atoms with van der Waals surface area (Å²) in [6.45, 7) is 1.47. The molecule has 1 heterocycles. The minimum absolute atomic E-state index is 0.350. The van der Waals surface area contributed by atoms with Crippen LogP contribution in [-0.2, 0) is 13.1 Å². The first-order chi connectivity index (χ1) is 11.2. The predicted molar refractivity (Wildman–Crippen MR) is 89.8 cm³/mol. The van der Waals surface area contributed by atoms with E-state index in [0.717, 1.165) is 28.1 Å². The van der Waals surface area contributed by atoms with E-state index in [0.29, 0.717) is 17.9 Å². The topological polar surface area (TPSA) is 56.0 Å². The van der Waals surface area contributed by atoms with Gasteiger partial charge < -0.3 is 14.5 Å². The second-order valence-electron chi connectivity index (χ2n) is 5.28. The van der Waals surface area contributed by atoms with Crippen molar-refractivity contribution in [2.24, 2.45) is 0 Å². The molecular formula is C18H17ClNO3+. The third-order valence-corrected chi connectivity index (χ3v) is 3.91. The highest BCUT2D eigenvalue weighted by molar-refractivity contribution is 6.30. The van der Waals surface area contributed by atoms with Gasteiger partial charge in [0.2, 0.25) is 0 Å². The van der Waals surface area contributed by atoms with Crippen molar-refractivity contribution in [1.29, 1.82) is 0 Å². The summed E-state index contributed by atoms with van der Waals surface area (Å²) in [5.41, 5.74) is 2.28. The van der Waals surface area contributed by atoms with Gasteiger partial charge in [-0.2, -0.15) is 0 Å². The van der Waals surface area contributed by atoms with Gasteiger partial charge in [-0.3, -0.25) is 0 Å².